The van der Waals surface area contributed by atoms with Gasteiger partial charge in [-0.1, -0.05) is 19.1 Å². The number of rotatable bonds is 9. The van der Waals surface area contributed by atoms with E-state index in [2.05, 4.69) is 36.5 Å². The van der Waals surface area contributed by atoms with Gasteiger partial charge in [0.1, 0.15) is 0 Å². The van der Waals surface area contributed by atoms with E-state index in [1.807, 2.05) is 13.8 Å². The third kappa shape index (κ3) is 7.57. The second-order valence-corrected chi connectivity index (χ2v) is 5.87. The van der Waals surface area contributed by atoms with Crippen molar-refractivity contribution in [3.63, 3.8) is 0 Å². The van der Waals surface area contributed by atoms with Crippen LogP contribution in [-0.4, -0.2) is 36.2 Å². The molecule has 0 aliphatic heterocycles. The van der Waals surface area contributed by atoms with Gasteiger partial charge in [-0.25, -0.2) is 0 Å². The van der Waals surface area contributed by atoms with E-state index < -0.39 is 6.10 Å². The molecule has 108 valence electrons. The minimum Gasteiger partial charge on any atom is -0.390 e. The van der Waals surface area contributed by atoms with Crippen LogP contribution in [0.2, 0.25) is 0 Å². The standard InChI is InChI=1S/C15H25NO2S/c1-4-16-9-13-6-5-7-15(8-13)19-11-14(17)10-18-12(2)3/h5-8,12,14,16-17H,4,9-11H2,1-3H3. The van der Waals surface area contributed by atoms with Gasteiger partial charge in [0, 0.05) is 17.2 Å². The third-order valence-electron chi connectivity index (χ3n) is 2.54. The number of aliphatic hydroxyl groups excluding tert-OH is 1. The molecule has 0 aromatic heterocycles. The highest BCUT2D eigenvalue weighted by Gasteiger charge is 2.07. The highest BCUT2D eigenvalue weighted by molar-refractivity contribution is 7.99. The first-order valence-corrected chi connectivity index (χ1v) is 7.82. The van der Waals surface area contributed by atoms with Crippen LogP contribution in [0.5, 0.6) is 0 Å². The van der Waals surface area contributed by atoms with E-state index in [9.17, 15) is 5.11 Å². The monoisotopic (exact) mass is 283 g/mol. The van der Waals surface area contributed by atoms with Gasteiger partial charge in [-0.3, -0.25) is 0 Å². The molecule has 0 spiro atoms. The normalized spacial score (nSPS) is 12.9. The summed E-state index contributed by atoms with van der Waals surface area (Å²) in [6.45, 7) is 8.33. The van der Waals surface area contributed by atoms with Crippen LogP contribution < -0.4 is 5.32 Å². The summed E-state index contributed by atoms with van der Waals surface area (Å²) in [5.41, 5.74) is 1.28. The minimum absolute atomic E-state index is 0.170. The van der Waals surface area contributed by atoms with Gasteiger partial charge in [-0.15, -0.1) is 11.8 Å². The van der Waals surface area contributed by atoms with Crippen molar-refractivity contribution in [2.45, 2.75) is 44.4 Å². The number of thioether (sulfide) groups is 1. The average Bonchev–Trinajstić information content (AvgIpc) is 2.41. The van der Waals surface area contributed by atoms with E-state index in [0.29, 0.717) is 12.4 Å². The summed E-state index contributed by atoms with van der Waals surface area (Å²) in [7, 11) is 0. The quantitative estimate of drug-likeness (QED) is 0.684. The molecule has 1 aromatic carbocycles. The van der Waals surface area contributed by atoms with Crippen molar-refractivity contribution in [1.29, 1.82) is 0 Å². The third-order valence-corrected chi connectivity index (χ3v) is 3.68. The molecule has 0 fully saturated rings. The summed E-state index contributed by atoms with van der Waals surface area (Å²) >= 11 is 1.67. The van der Waals surface area contributed by atoms with E-state index >= 15 is 0 Å². The maximum Gasteiger partial charge on any atom is 0.0867 e. The topological polar surface area (TPSA) is 41.5 Å². The largest absolute Gasteiger partial charge is 0.390 e. The second-order valence-electron chi connectivity index (χ2n) is 4.77. The van der Waals surface area contributed by atoms with E-state index in [-0.39, 0.29) is 6.10 Å². The van der Waals surface area contributed by atoms with Gasteiger partial charge in [0.25, 0.3) is 0 Å². The van der Waals surface area contributed by atoms with Gasteiger partial charge < -0.3 is 15.2 Å². The van der Waals surface area contributed by atoms with E-state index in [1.54, 1.807) is 11.8 Å². The van der Waals surface area contributed by atoms with Crippen LogP contribution in [0.25, 0.3) is 0 Å². The maximum atomic E-state index is 9.81. The van der Waals surface area contributed by atoms with Gasteiger partial charge in [0.15, 0.2) is 0 Å². The molecule has 0 saturated heterocycles. The van der Waals surface area contributed by atoms with E-state index in [0.717, 1.165) is 13.1 Å². The van der Waals surface area contributed by atoms with Crippen LogP contribution in [0.15, 0.2) is 29.2 Å². The van der Waals surface area contributed by atoms with Crippen LogP contribution >= 0.6 is 11.8 Å². The molecular formula is C15H25NO2S. The number of nitrogens with one attached hydrogen (secondary N) is 1. The molecule has 1 aromatic rings. The lowest BCUT2D eigenvalue weighted by Crippen LogP contribution is -2.20. The molecule has 1 rings (SSSR count). The molecule has 3 nitrogen and oxygen atoms in total. The fourth-order valence-electron chi connectivity index (χ4n) is 1.56. The van der Waals surface area contributed by atoms with E-state index in [4.69, 9.17) is 4.74 Å². The Hall–Kier alpha value is -0.550. The Balaban J connectivity index is 2.35. The summed E-state index contributed by atoms with van der Waals surface area (Å²) in [5, 5.41) is 13.1. The molecule has 0 saturated carbocycles. The number of hydrogen-bond donors (Lipinski definition) is 2. The fourth-order valence-corrected chi connectivity index (χ4v) is 2.45. The predicted octanol–water partition coefficient (Wildman–Crippen LogP) is 2.67. The first kappa shape index (κ1) is 16.5. The number of aliphatic hydroxyl groups is 1. The Kier molecular flexibility index (Phi) is 8.14. The van der Waals surface area contributed by atoms with Crippen LogP contribution in [0.1, 0.15) is 26.3 Å². The molecule has 0 aliphatic carbocycles. The number of ether oxygens (including phenoxy) is 1. The van der Waals surface area contributed by atoms with Gasteiger partial charge in [0.2, 0.25) is 0 Å². The van der Waals surface area contributed by atoms with Crippen LogP contribution in [0.4, 0.5) is 0 Å². The number of benzene rings is 1. The van der Waals surface area contributed by atoms with Crippen molar-refractivity contribution in [2.75, 3.05) is 18.9 Å². The second kappa shape index (κ2) is 9.37. The first-order valence-electron chi connectivity index (χ1n) is 6.84. The Morgan fingerprint density at radius 3 is 2.84 bits per heavy atom. The molecule has 0 aliphatic rings. The molecule has 1 unspecified atom stereocenters. The molecule has 0 radical (unpaired) electrons. The summed E-state index contributed by atoms with van der Waals surface area (Å²) in [4.78, 5) is 1.19. The Labute approximate surface area is 120 Å². The molecular weight excluding hydrogens is 258 g/mol. The van der Waals surface area contributed by atoms with Gasteiger partial charge >= 0.3 is 0 Å². The zero-order valence-electron chi connectivity index (χ0n) is 12.1. The van der Waals surface area contributed by atoms with Crippen LogP contribution in [0.3, 0.4) is 0 Å². The Bertz CT molecular complexity index is 358. The van der Waals surface area contributed by atoms with Crippen molar-refractivity contribution in [1.82, 2.24) is 5.32 Å². The summed E-state index contributed by atoms with van der Waals surface area (Å²) in [6, 6.07) is 8.43. The lowest BCUT2D eigenvalue weighted by Gasteiger charge is -2.13. The molecule has 0 bridgehead atoms. The molecule has 4 heteroatoms. The minimum atomic E-state index is -0.412. The molecule has 2 N–H and O–H groups in total. The summed E-state index contributed by atoms with van der Waals surface area (Å²) in [5.74, 6) is 0.664. The zero-order valence-corrected chi connectivity index (χ0v) is 12.9. The maximum absolute atomic E-state index is 9.81. The smallest absolute Gasteiger partial charge is 0.0867 e. The summed E-state index contributed by atoms with van der Waals surface area (Å²) < 4.78 is 5.40. The van der Waals surface area contributed by atoms with Crippen molar-refractivity contribution < 1.29 is 9.84 Å². The summed E-state index contributed by atoms with van der Waals surface area (Å²) in [6.07, 6.45) is -0.243. The van der Waals surface area contributed by atoms with Gasteiger partial charge in [-0.05, 0) is 38.1 Å². The Morgan fingerprint density at radius 2 is 2.16 bits per heavy atom. The highest BCUT2D eigenvalue weighted by Crippen LogP contribution is 2.20. The number of hydrogen-bond acceptors (Lipinski definition) is 4. The molecule has 19 heavy (non-hydrogen) atoms. The zero-order chi connectivity index (χ0) is 14.1. The van der Waals surface area contributed by atoms with Crippen molar-refractivity contribution in [3.8, 4) is 0 Å². The van der Waals surface area contributed by atoms with Crippen LogP contribution in [-0.2, 0) is 11.3 Å². The van der Waals surface area contributed by atoms with Crippen molar-refractivity contribution >= 4 is 11.8 Å². The fraction of sp³-hybridized carbons (Fsp3) is 0.600. The molecule has 0 heterocycles. The lowest BCUT2D eigenvalue weighted by molar-refractivity contribution is 0.0152. The SMILES string of the molecule is CCNCc1cccc(SCC(O)COC(C)C)c1. The average molecular weight is 283 g/mol. The highest BCUT2D eigenvalue weighted by atomic mass is 32.2. The van der Waals surface area contributed by atoms with Crippen molar-refractivity contribution in [3.05, 3.63) is 29.8 Å². The van der Waals surface area contributed by atoms with Crippen molar-refractivity contribution in [2.24, 2.45) is 0 Å². The van der Waals surface area contributed by atoms with E-state index in [1.165, 1.54) is 10.5 Å². The van der Waals surface area contributed by atoms with Gasteiger partial charge in [0.05, 0.1) is 18.8 Å². The Morgan fingerprint density at radius 1 is 1.37 bits per heavy atom. The van der Waals surface area contributed by atoms with Gasteiger partial charge in [-0.2, -0.15) is 0 Å². The predicted molar refractivity (Wildman–Crippen MR) is 81.6 cm³/mol. The van der Waals surface area contributed by atoms with Crippen LogP contribution in [0, 0.1) is 0 Å². The molecule has 1 atom stereocenters. The lowest BCUT2D eigenvalue weighted by atomic mass is 10.2. The first-order chi connectivity index (χ1) is 9.11. The molecule has 0 amide bonds.